The van der Waals surface area contributed by atoms with Crippen molar-refractivity contribution >= 4 is 29.4 Å². The molecule has 0 aliphatic carbocycles. The number of nitrogen functional groups attached to an aromatic ring is 1. The minimum Gasteiger partial charge on any atom is -0.436 e. The summed E-state index contributed by atoms with van der Waals surface area (Å²) in [6.45, 7) is 7.21. The van der Waals surface area contributed by atoms with Crippen LogP contribution in [0.5, 0.6) is 0 Å². The summed E-state index contributed by atoms with van der Waals surface area (Å²) in [5.41, 5.74) is 9.44. The molecule has 242 valence electrons. The van der Waals surface area contributed by atoms with E-state index in [2.05, 4.69) is 28.2 Å². The molecule has 4 aliphatic heterocycles. The maximum Gasteiger partial charge on any atom is 0.410 e. The number of piperidine rings is 2. The van der Waals surface area contributed by atoms with Gasteiger partial charge in [-0.05, 0) is 68.5 Å². The molecule has 0 unspecified atom stereocenters. The van der Waals surface area contributed by atoms with Gasteiger partial charge in [0, 0.05) is 88.8 Å². The van der Waals surface area contributed by atoms with Crippen molar-refractivity contribution < 1.29 is 19.1 Å². The van der Waals surface area contributed by atoms with Crippen LogP contribution in [0.3, 0.4) is 0 Å². The van der Waals surface area contributed by atoms with E-state index in [-0.39, 0.29) is 18.0 Å². The number of hydrogen-bond acceptors (Lipinski definition) is 7. The predicted octanol–water partition coefficient (Wildman–Crippen LogP) is 3.11. The first kappa shape index (κ1) is 31.2. The number of rotatable bonds is 6. The molecule has 6 rings (SSSR count). The Labute approximate surface area is 266 Å². The molecule has 0 radical (unpaired) electrons. The van der Waals surface area contributed by atoms with Crippen LogP contribution in [0.1, 0.15) is 36.8 Å². The zero-order chi connectivity index (χ0) is 31.3. The summed E-state index contributed by atoms with van der Waals surface area (Å²) in [4.78, 5) is 50.8. The highest BCUT2D eigenvalue weighted by molar-refractivity contribution is 5.91. The van der Waals surface area contributed by atoms with Crippen LogP contribution in [0.4, 0.5) is 21.0 Å². The van der Waals surface area contributed by atoms with Crippen LogP contribution < -0.4 is 11.1 Å². The molecule has 3 N–H and O–H groups in total. The molecule has 4 aliphatic rings. The molecule has 3 fully saturated rings. The van der Waals surface area contributed by atoms with Gasteiger partial charge in [0.1, 0.15) is 0 Å². The molecule has 11 nitrogen and oxygen atoms in total. The van der Waals surface area contributed by atoms with Crippen LogP contribution in [0.2, 0.25) is 0 Å². The van der Waals surface area contributed by atoms with Gasteiger partial charge in [0.05, 0.1) is 0 Å². The van der Waals surface area contributed by atoms with Crippen LogP contribution in [0, 0.1) is 0 Å². The van der Waals surface area contributed by atoms with Gasteiger partial charge in [-0.25, -0.2) is 9.59 Å². The number of likely N-dealkylation sites (tertiary alicyclic amines) is 2. The van der Waals surface area contributed by atoms with Gasteiger partial charge in [0.15, 0.2) is 6.10 Å². The lowest BCUT2D eigenvalue weighted by molar-refractivity contribution is -0.142. The van der Waals surface area contributed by atoms with E-state index < -0.39 is 12.2 Å². The summed E-state index contributed by atoms with van der Waals surface area (Å²) in [5, 5.41) is 3.05. The van der Waals surface area contributed by atoms with Crippen molar-refractivity contribution in [1.82, 2.24) is 24.5 Å². The third-order valence-electron chi connectivity index (χ3n) is 10.1. The van der Waals surface area contributed by atoms with E-state index in [1.165, 1.54) is 0 Å². The summed E-state index contributed by atoms with van der Waals surface area (Å²) in [6.07, 6.45) is 2.90. The van der Waals surface area contributed by atoms with Crippen LogP contribution >= 0.6 is 0 Å². The zero-order valence-electron chi connectivity index (χ0n) is 26.4. The topological polar surface area (TPSA) is 115 Å². The standard InChI is InChI=1S/C34H47N7O4/c1-37-20-22-38(23-21-37)28-11-15-39(16-12-28)32(42)31(24-25-6-8-27(35)9-7-25)45-34(44)40-17-13-29(14-18-40)41-19-10-26-4-2-3-5-30(26)36-33(41)43/h2-9,28-29,31H,10-24,35H2,1H3,(H,36,43)/t31-/m1/s1. The molecule has 2 aromatic carbocycles. The first-order chi connectivity index (χ1) is 21.8. The average molecular weight is 618 g/mol. The molecule has 0 aromatic heterocycles. The highest BCUT2D eigenvalue weighted by atomic mass is 16.6. The molecule has 0 spiro atoms. The van der Waals surface area contributed by atoms with Gasteiger partial charge in [0.25, 0.3) is 5.91 Å². The van der Waals surface area contributed by atoms with E-state index in [1.54, 1.807) is 4.90 Å². The van der Waals surface area contributed by atoms with Gasteiger partial charge in [-0.1, -0.05) is 30.3 Å². The predicted molar refractivity (Wildman–Crippen MR) is 174 cm³/mol. The Bertz CT molecular complexity index is 1330. The van der Waals surface area contributed by atoms with Gasteiger partial charge >= 0.3 is 12.1 Å². The number of nitrogens with two attached hydrogens (primary N) is 1. The van der Waals surface area contributed by atoms with Crippen molar-refractivity contribution in [3.05, 3.63) is 59.7 Å². The number of likely N-dealkylation sites (N-methyl/N-ethyl adjacent to an activating group) is 1. The van der Waals surface area contributed by atoms with Gasteiger partial charge in [-0.15, -0.1) is 0 Å². The minimum absolute atomic E-state index is 0.0390. The van der Waals surface area contributed by atoms with Crippen LogP contribution in [-0.2, 0) is 22.4 Å². The van der Waals surface area contributed by atoms with Crippen LogP contribution in [0.15, 0.2) is 48.5 Å². The van der Waals surface area contributed by atoms with Gasteiger partial charge in [-0.3, -0.25) is 9.69 Å². The Morgan fingerprint density at radius 2 is 1.49 bits per heavy atom. The number of urea groups is 1. The number of benzene rings is 2. The number of hydrogen-bond donors (Lipinski definition) is 2. The minimum atomic E-state index is -0.908. The lowest BCUT2D eigenvalue weighted by Gasteiger charge is -2.42. The number of para-hydroxylation sites is 1. The second-order valence-corrected chi connectivity index (χ2v) is 13.0. The molecule has 11 heteroatoms. The number of nitrogens with zero attached hydrogens (tertiary/aromatic N) is 5. The van der Waals surface area contributed by atoms with Crippen molar-refractivity contribution in [3.63, 3.8) is 0 Å². The number of piperazine rings is 1. The number of amides is 4. The van der Waals surface area contributed by atoms with Gasteiger partial charge in [-0.2, -0.15) is 0 Å². The lowest BCUT2D eigenvalue weighted by atomic mass is 10.0. The third kappa shape index (κ3) is 7.53. The Morgan fingerprint density at radius 3 is 2.20 bits per heavy atom. The summed E-state index contributed by atoms with van der Waals surface area (Å²) in [7, 11) is 2.16. The Balaban J connectivity index is 1.05. The molecular formula is C34H47N7O4. The van der Waals surface area contributed by atoms with E-state index in [4.69, 9.17) is 10.5 Å². The summed E-state index contributed by atoms with van der Waals surface area (Å²) < 4.78 is 6.01. The van der Waals surface area contributed by atoms with Crippen molar-refractivity contribution in [2.45, 2.75) is 56.7 Å². The fourth-order valence-corrected chi connectivity index (χ4v) is 7.18. The van der Waals surface area contributed by atoms with E-state index in [0.29, 0.717) is 63.7 Å². The summed E-state index contributed by atoms with van der Waals surface area (Å²) >= 11 is 0. The SMILES string of the molecule is CN1CCN(C2CCN(C(=O)[C@@H](Cc3ccc(N)cc3)OC(=O)N3CCC(N4CCc5ccccc5NC4=O)CC3)CC2)CC1. The molecule has 4 heterocycles. The quantitative estimate of drug-likeness (QED) is 0.479. The van der Waals surface area contributed by atoms with Crippen LogP contribution in [-0.4, -0.2) is 127 Å². The number of carbonyl (C=O) groups excluding carboxylic acids is 3. The lowest BCUT2D eigenvalue weighted by Crippen LogP contribution is -2.54. The van der Waals surface area contributed by atoms with Gasteiger partial charge in [0.2, 0.25) is 0 Å². The highest BCUT2D eigenvalue weighted by Gasteiger charge is 2.36. The maximum atomic E-state index is 13.9. The first-order valence-electron chi connectivity index (χ1n) is 16.5. The summed E-state index contributed by atoms with van der Waals surface area (Å²) in [5.74, 6) is -0.132. The number of nitrogens with one attached hydrogen (secondary N) is 1. The Morgan fingerprint density at radius 1 is 0.844 bits per heavy atom. The van der Waals surface area contributed by atoms with Crippen molar-refractivity contribution in [1.29, 1.82) is 0 Å². The average Bonchev–Trinajstić information content (AvgIpc) is 3.23. The highest BCUT2D eigenvalue weighted by Crippen LogP contribution is 2.26. The maximum absolute atomic E-state index is 13.9. The second kappa shape index (κ2) is 14.1. The second-order valence-electron chi connectivity index (χ2n) is 13.0. The van der Waals surface area contributed by atoms with E-state index in [1.807, 2.05) is 52.3 Å². The molecule has 0 saturated carbocycles. The first-order valence-corrected chi connectivity index (χ1v) is 16.5. The van der Waals surface area contributed by atoms with Crippen molar-refractivity contribution in [3.8, 4) is 0 Å². The van der Waals surface area contributed by atoms with Crippen LogP contribution in [0.25, 0.3) is 0 Å². The normalized spacial score (nSPS) is 21.5. The van der Waals surface area contributed by atoms with E-state index in [0.717, 1.165) is 62.3 Å². The number of ether oxygens (including phenoxy) is 1. The van der Waals surface area contributed by atoms with Gasteiger partial charge < -0.3 is 35.4 Å². The largest absolute Gasteiger partial charge is 0.436 e. The molecule has 2 aromatic rings. The Kier molecular flexibility index (Phi) is 9.75. The molecule has 1 atom stereocenters. The number of anilines is 2. The number of carbonyl (C=O) groups is 3. The smallest absolute Gasteiger partial charge is 0.410 e. The van der Waals surface area contributed by atoms with E-state index in [9.17, 15) is 14.4 Å². The molecule has 3 saturated heterocycles. The molecule has 0 bridgehead atoms. The molecule has 45 heavy (non-hydrogen) atoms. The zero-order valence-corrected chi connectivity index (χ0v) is 26.4. The fraction of sp³-hybridized carbons (Fsp3) is 0.559. The summed E-state index contributed by atoms with van der Waals surface area (Å²) in [6, 6.07) is 15.7. The van der Waals surface area contributed by atoms with E-state index >= 15 is 0 Å². The molecule has 4 amide bonds. The molecular weight excluding hydrogens is 570 g/mol. The van der Waals surface area contributed by atoms with Crippen molar-refractivity contribution in [2.75, 3.05) is 77.0 Å². The monoisotopic (exact) mass is 617 g/mol. The third-order valence-corrected chi connectivity index (χ3v) is 10.1. The fourth-order valence-electron chi connectivity index (χ4n) is 7.18. The number of fused-ring (bicyclic) bond motifs is 1. The van der Waals surface area contributed by atoms with Crippen molar-refractivity contribution in [2.24, 2.45) is 0 Å². The Hall–Kier alpha value is -3.83.